The van der Waals surface area contributed by atoms with Gasteiger partial charge in [0.05, 0.1) is 16.0 Å². The molecule has 20 heavy (non-hydrogen) atoms. The Morgan fingerprint density at radius 2 is 2.40 bits per heavy atom. The molecule has 1 aliphatic heterocycles. The summed E-state index contributed by atoms with van der Waals surface area (Å²) < 4.78 is 0. The molecule has 0 radical (unpaired) electrons. The van der Waals surface area contributed by atoms with E-state index in [1.54, 1.807) is 6.07 Å². The molecular formula is C13H17N5O2. The zero-order valence-electron chi connectivity index (χ0n) is 11.3. The third-order valence-electron chi connectivity index (χ3n) is 3.68. The highest BCUT2D eigenvalue weighted by Crippen LogP contribution is 2.22. The summed E-state index contributed by atoms with van der Waals surface area (Å²) in [4.78, 5) is 20.0. The molecule has 0 bridgehead atoms. The highest BCUT2D eigenvalue weighted by atomic mass is 16.6. The molecule has 2 heterocycles. The van der Waals surface area contributed by atoms with Gasteiger partial charge in [-0.05, 0) is 25.5 Å². The van der Waals surface area contributed by atoms with Gasteiger partial charge in [0.25, 0.3) is 5.69 Å². The van der Waals surface area contributed by atoms with Gasteiger partial charge in [-0.3, -0.25) is 10.1 Å². The highest BCUT2D eigenvalue weighted by molar-refractivity contribution is 5.80. The summed E-state index contributed by atoms with van der Waals surface area (Å²) >= 11 is 0. The summed E-state index contributed by atoms with van der Waals surface area (Å²) in [6.45, 7) is 1.95. The average Bonchev–Trinajstić information content (AvgIpc) is 3.05. The molecule has 1 saturated heterocycles. The molecule has 1 aliphatic rings. The van der Waals surface area contributed by atoms with Gasteiger partial charge in [0.15, 0.2) is 0 Å². The Morgan fingerprint density at radius 3 is 3.10 bits per heavy atom. The predicted octanol–water partition coefficient (Wildman–Crippen LogP) is 1.66. The van der Waals surface area contributed by atoms with Crippen LogP contribution in [0.3, 0.4) is 0 Å². The van der Waals surface area contributed by atoms with Crippen LogP contribution in [0.2, 0.25) is 0 Å². The minimum Gasteiger partial charge on any atom is -0.344 e. The fourth-order valence-electron chi connectivity index (χ4n) is 2.61. The number of H-pyrrole nitrogens is 1. The van der Waals surface area contributed by atoms with Crippen molar-refractivity contribution in [1.82, 2.24) is 15.3 Å². The molecule has 1 fully saturated rings. The molecule has 7 nitrogen and oxygen atoms in total. The zero-order valence-corrected chi connectivity index (χ0v) is 11.3. The second-order valence-electron chi connectivity index (χ2n) is 5.19. The lowest BCUT2D eigenvalue weighted by atomic mass is 10.2. The Kier molecular flexibility index (Phi) is 3.27. The van der Waals surface area contributed by atoms with E-state index in [4.69, 9.17) is 0 Å². The first kappa shape index (κ1) is 12.9. The maximum atomic E-state index is 10.8. The number of nitro benzene ring substituents is 1. The number of nitrogens with one attached hydrogen (secondary N) is 2. The van der Waals surface area contributed by atoms with Crippen LogP contribution in [0.4, 0.5) is 11.6 Å². The average molecular weight is 275 g/mol. The smallest absolute Gasteiger partial charge is 0.271 e. The van der Waals surface area contributed by atoms with Gasteiger partial charge in [0.1, 0.15) is 0 Å². The number of rotatable bonds is 4. The molecule has 2 aromatic rings. The number of nitrogens with zero attached hydrogens (tertiary/aromatic N) is 3. The van der Waals surface area contributed by atoms with Crippen LogP contribution in [-0.4, -0.2) is 41.1 Å². The van der Waals surface area contributed by atoms with Gasteiger partial charge in [-0.1, -0.05) is 0 Å². The molecule has 2 N–H and O–H groups in total. The number of benzene rings is 1. The van der Waals surface area contributed by atoms with E-state index in [0.717, 1.165) is 24.6 Å². The molecule has 3 rings (SSSR count). The molecular weight excluding hydrogens is 258 g/mol. The van der Waals surface area contributed by atoms with Crippen LogP contribution < -0.4 is 10.2 Å². The van der Waals surface area contributed by atoms with Gasteiger partial charge >= 0.3 is 0 Å². The number of nitro groups is 1. The summed E-state index contributed by atoms with van der Waals surface area (Å²) in [7, 11) is 1.98. The SMILES string of the molecule is CN(C[C@H]1CCCN1)c1nc2ccc([N+](=O)[O-])cc2[nH]1. The fourth-order valence-corrected chi connectivity index (χ4v) is 2.61. The Labute approximate surface area is 116 Å². The molecule has 0 unspecified atom stereocenters. The molecule has 0 saturated carbocycles. The number of imidazole rings is 1. The number of aromatic amines is 1. The van der Waals surface area contributed by atoms with Crippen molar-refractivity contribution in [2.75, 3.05) is 25.0 Å². The summed E-state index contributed by atoms with van der Waals surface area (Å²) in [6.07, 6.45) is 2.39. The predicted molar refractivity (Wildman–Crippen MR) is 77.0 cm³/mol. The maximum absolute atomic E-state index is 10.8. The molecule has 0 amide bonds. The lowest BCUT2D eigenvalue weighted by Gasteiger charge is -2.20. The minimum absolute atomic E-state index is 0.0767. The van der Waals surface area contributed by atoms with Crippen molar-refractivity contribution in [2.45, 2.75) is 18.9 Å². The summed E-state index contributed by atoms with van der Waals surface area (Å²) in [5.74, 6) is 0.745. The van der Waals surface area contributed by atoms with Gasteiger partial charge in [-0.15, -0.1) is 0 Å². The van der Waals surface area contributed by atoms with E-state index in [9.17, 15) is 10.1 Å². The van der Waals surface area contributed by atoms with Gasteiger partial charge in [0.2, 0.25) is 5.95 Å². The first-order chi connectivity index (χ1) is 9.63. The number of hydrogen-bond acceptors (Lipinski definition) is 5. The Bertz CT molecular complexity index is 633. The van der Waals surface area contributed by atoms with Crippen LogP contribution in [-0.2, 0) is 0 Å². The zero-order chi connectivity index (χ0) is 14.1. The molecule has 0 spiro atoms. The van der Waals surface area contributed by atoms with Crippen LogP contribution in [0, 0.1) is 10.1 Å². The van der Waals surface area contributed by atoms with Crippen LogP contribution >= 0.6 is 0 Å². The van der Waals surface area contributed by atoms with Crippen LogP contribution in [0.25, 0.3) is 11.0 Å². The largest absolute Gasteiger partial charge is 0.344 e. The number of likely N-dealkylation sites (N-methyl/N-ethyl adjacent to an activating group) is 1. The van der Waals surface area contributed by atoms with Crippen molar-refractivity contribution in [2.24, 2.45) is 0 Å². The third kappa shape index (κ3) is 2.44. The topological polar surface area (TPSA) is 87.1 Å². The number of non-ortho nitro benzene ring substituents is 1. The highest BCUT2D eigenvalue weighted by Gasteiger charge is 2.18. The molecule has 106 valence electrons. The number of hydrogen-bond donors (Lipinski definition) is 2. The lowest BCUT2D eigenvalue weighted by molar-refractivity contribution is -0.384. The normalized spacial score (nSPS) is 18.6. The van der Waals surface area contributed by atoms with Crippen LogP contribution in [0.15, 0.2) is 18.2 Å². The quantitative estimate of drug-likeness (QED) is 0.654. The summed E-state index contributed by atoms with van der Waals surface area (Å²) in [5.41, 5.74) is 1.52. The second-order valence-corrected chi connectivity index (χ2v) is 5.19. The van der Waals surface area contributed by atoms with Crippen LogP contribution in [0.5, 0.6) is 0 Å². The maximum Gasteiger partial charge on any atom is 0.271 e. The first-order valence-corrected chi connectivity index (χ1v) is 6.72. The molecule has 1 atom stereocenters. The van der Waals surface area contributed by atoms with Crippen molar-refractivity contribution >= 4 is 22.7 Å². The summed E-state index contributed by atoms with van der Waals surface area (Å²) in [6, 6.07) is 5.16. The van der Waals surface area contributed by atoms with Gasteiger partial charge in [0, 0.05) is 31.8 Å². The fraction of sp³-hybridized carbons (Fsp3) is 0.462. The van der Waals surface area contributed by atoms with E-state index in [1.807, 2.05) is 7.05 Å². The van der Waals surface area contributed by atoms with E-state index in [2.05, 4.69) is 20.2 Å². The van der Waals surface area contributed by atoms with E-state index in [0.29, 0.717) is 11.6 Å². The molecule has 1 aromatic carbocycles. The lowest BCUT2D eigenvalue weighted by Crippen LogP contribution is -2.35. The van der Waals surface area contributed by atoms with Crippen molar-refractivity contribution in [3.8, 4) is 0 Å². The van der Waals surface area contributed by atoms with Gasteiger partial charge in [-0.25, -0.2) is 4.98 Å². The monoisotopic (exact) mass is 275 g/mol. The van der Waals surface area contributed by atoms with Gasteiger partial charge in [-0.2, -0.15) is 0 Å². The Balaban J connectivity index is 1.82. The second kappa shape index (κ2) is 5.09. The molecule has 7 heteroatoms. The first-order valence-electron chi connectivity index (χ1n) is 6.72. The van der Waals surface area contributed by atoms with Crippen LogP contribution in [0.1, 0.15) is 12.8 Å². The van der Waals surface area contributed by atoms with E-state index in [-0.39, 0.29) is 5.69 Å². The number of aromatic nitrogens is 2. The number of fused-ring (bicyclic) bond motifs is 1. The third-order valence-corrected chi connectivity index (χ3v) is 3.68. The Hall–Kier alpha value is -2.15. The molecule has 0 aliphatic carbocycles. The van der Waals surface area contributed by atoms with Crippen molar-refractivity contribution in [3.05, 3.63) is 28.3 Å². The van der Waals surface area contributed by atoms with Crippen molar-refractivity contribution < 1.29 is 4.92 Å². The van der Waals surface area contributed by atoms with E-state index < -0.39 is 4.92 Å². The number of anilines is 1. The summed E-state index contributed by atoms with van der Waals surface area (Å²) in [5, 5.41) is 14.2. The van der Waals surface area contributed by atoms with Crippen molar-refractivity contribution in [3.63, 3.8) is 0 Å². The Morgan fingerprint density at radius 1 is 1.55 bits per heavy atom. The standard InChI is InChI=1S/C13H17N5O2/c1-17(8-9-3-2-6-14-9)13-15-11-5-4-10(18(19)20)7-12(11)16-13/h4-5,7,9,14H,2-3,6,8H2,1H3,(H,15,16)/t9-/m1/s1. The van der Waals surface area contributed by atoms with E-state index in [1.165, 1.54) is 25.0 Å². The minimum atomic E-state index is -0.397. The molecule has 1 aromatic heterocycles. The van der Waals surface area contributed by atoms with Gasteiger partial charge < -0.3 is 15.2 Å². The van der Waals surface area contributed by atoms with E-state index >= 15 is 0 Å². The van der Waals surface area contributed by atoms with Crippen molar-refractivity contribution in [1.29, 1.82) is 0 Å².